The van der Waals surface area contributed by atoms with Crippen molar-refractivity contribution in [2.75, 3.05) is 7.05 Å². The van der Waals surface area contributed by atoms with Crippen molar-refractivity contribution in [3.63, 3.8) is 0 Å². The number of hydrogen-bond acceptors (Lipinski definition) is 2. The molecule has 2 heteroatoms. The van der Waals surface area contributed by atoms with E-state index in [1.54, 1.807) is 6.92 Å². The SMILES string of the molecule is CN[C@]1(C(C)=O)C[C@H]1c1cccc2ccccc12. The number of nitrogens with one attached hydrogen (secondary N) is 1. The first kappa shape index (κ1) is 11.4. The molecule has 0 unspecified atom stereocenters. The van der Waals surface area contributed by atoms with Crippen molar-refractivity contribution in [2.45, 2.75) is 24.8 Å². The van der Waals surface area contributed by atoms with Gasteiger partial charge in [0.2, 0.25) is 0 Å². The van der Waals surface area contributed by atoms with Crippen molar-refractivity contribution in [1.82, 2.24) is 5.32 Å². The summed E-state index contributed by atoms with van der Waals surface area (Å²) in [6.07, 6.45) is 0.910. The van der Waals surface area contributed by atoms with Crippen LogP contribution in [-0.2, 0) is 4.79 Å². The zero-order chi connectivity index (χ0) is 12.8. The summed E-state index contributed by atoms with van der Waals surface area (Å²) in [5.41, 5.74) is 0.960. The molecule has 0 heterocycles. The molecule has 1 aliphatic carbocycles. The summed E-state index contributed by atoms with van der Waals surface area (Å²) in [5, 5.41) is 5.73. The minimum atomic E-state index is -0.329. The van der Waals surface area contributed by atoms with Gasteiger partial charge in [0.05, 0.1) is 5.54 Å². The van der Waals surface area contributed by atoms with Gasteiger partial charge in [-0.25, -0.2) is 0 Å². The van der Waals surface area contributed by atoms with Gasteiger partial charge in [0.1, 0.15) is 5.78 Å². The highest BCUT2D eigenvalue weighted by Gasteiger charge is 2.57. The molecule has 18 heavy (non-hydrogen) atoms. The Kier molecular flexibility index (Phi) is 2.49. The standard InChI is InChI=1S/C16H17NO/c1-11(18)16(17-2)10-15(16)14-9-5-7-12-6-3-4-8-13(12)14/h3-9,15,17H,10H2,1-2H3/t15-,16-/m0/s1. The topological polar surface area (TPSA) is 29.1 Å². The number of fused-ring (bicyclic) bond motifs is 1. The molecule has 0 amide bonds. The van der Waals surface area contributed by atoms with Crippen molar-refractivity contribution >= 4 is 16.6 Å². The van der Waals surface area contributed by atoms with Gasteiger partial charge in [-0.05, 0) is 36.7 Å². The van der Waals surface area contributed by atoms with Crippen LogP contribution in [0.4, 0.5) is 0 Å². The summed E-state index contributed by atoms with van der Waals surface area (Å²) in [4.78, 5) is 11.8. The highest BCUT2D eigenvalue weighted by molar-refractivity contribution is 5.94. The normalized spacial score (nSPS) is 26.2. The van der Waals surface area contributed by atoms with Crippen LogP contribution in [0, 0.1) is 0 Å². The zero-order valence-corrected chi connectivity index (χ0v) is 10.7. The van der Waals surface area contributed by atoms with Gasteiger partial charge in [-0.15, -0.1) is 0 Å². The molecule has 2 aromatic rings. The molecule has 0 aromatic heterocycles. The van der Waals surface area contributed by atoms with E-state index in [0.29, 0.717) is 5.92 Å². The number of rotatable bonds is 3. The first-order valence-corrected chi connectivity index (χ1v) is 6.36. The molecular weight excluding hydrogens is 222 g/mol. The molecule has 1 aliphatic rings. The summed E-state index contributed by atoms with van der Waals surface area (Å²) < 4.78 is 0. The van der Waals surface area contributed by atoms with Crippen molar-refractivity contribution in [3.05, 3.63) is 48.0 Å². The van der Waals surface area contributed by atoms with E-state index in [9.17, 15) is 4.79 Å². The second-order valence-corrected chi connectivity index (χ2v) is 5.10. The van der Waals surface area contributed by atoms with Crippen molar-refractivity contribution in [3.8, 4) is 0 Å². The Labute approximate surface area is 107 Å². The summed E-state index contributed by atoms with van der Waals surface area (Å²) in [6, 6.07) is 14.7. The Hall–Kier alpha value is -1.67. The number of hydrogen-bond donors (Lipinski definition) is 1. The Balaban J connectivity index is 2.10. The monoisotopic (exact) mass is 239 g/mol. The Morgan fingerprint density at radius 3 is 2.61 bits per heavy atom. The Bertz CT molecular complexity index is 614. The summed E-state index contributed by atoms with van der Waals surface area (Å²) in [7, 11) is 1.88. The first-order valence-electron chi connectivity index (χ1n) is 6.36. The maximum Gasteiger partial charge on any atom is 0.150 e. The average Bonchev–Trinajstić information content (AvgIpc) is 3.14. The Morgan fingerprint density at radius 1 is 1.22 bits per heavy atom. The summed E-state index contributed by atoms with van der Waals surface area (Å²) >= 11 is 0. The smallest absolute Gasteiger partial charge is 0.150 e. The van der Waals surface area contributed by atoms with Crippen LogP contribution in [0.2, 0.25) is 0 Å². The van der Waals surface area contributed by atoms with Crippen LogP contribution >= 0.6 is 0 Å². The number of likely N-dealkylation sites (N-methyl/N-ethyl adjacent to an activating group) is 1. The van der Waals surface area contributed by atoms with Crippen LogP contribution in [0.15, 0.2) is 42.5 Å². The molecule has 2 nitrogen and oxygen atoms in total. The van der Waals surface area contributed by atoms with Gasteiger partial charge in [-0.1, -0.05) is 42.5 Å². The maximum atomic E-state index is 11.8. The van der Waals surface area contributed by atoms with Gasteiger partial charge < -0.3 is 5.32 Å². The molecule has 0 bridgehead atoms. The summed E-state index contributed by atoms with van der Waals surface area (Å²) in [6.45, 7) is 1.68. The van der Waals surface area contributed by atoms with Gasteiger partial charge in [0.15, 0.2) is 0 Å². The largest absolute Gasteiger partial charge is 0.307 e. The number of benzene rings is 2. The van der Waals surface area contributed by atoms with E-state index in [2.05, 4.69) is 47.8 Å². The lowest BCUT2D eigenvalue weighted by molar-refractivity contribution is -0.119. The third-order valence-electron chi connectivity index (χ3n) is 4.23. The van der Waals surface area contributed by atoms with Crippen LogP contribution < -0.4 is 5.32 Å². The molecule has 92 valence electrons. The fraction of sp³-hybridized carbons (Fsp3) is 0.312. The predicted octanol–water partition coefficient (Wildman–Crippen LogP) is 2.87. The van der Waals surface area contributed by atoms with E-state index >= 15 is 0 Å². The second-order valence-electron chi connectivity index (χ2n) is 5.10. The van der Waals surface area contributed by atoms with Crippen LogP contribution in [0.5, 0.6) is 0 Å². The molecule has 0 spiro atoms. The lowest BCUT2D eigenvalue weighted by Crippen LogP contribution is -2.36. The van der Waals surface area contributed by atoms with E-state index in [-0.39, 0.29) is 11.3 Å². The van der Waals surface area contributed by atoms with Crippen molar-refractivity contribution in [2.24, 2.45) is 0 Å². The molecule has 2 atom stereocenters. The molecular formula is C16H17NO. The minimum absolute atomic E-state index is 0.239. The lowest BCUT2D eigenvalue weighted by Gasteiger charge is -2.14. The number of carbonyl (C=O) groups excluding carboxylic acids is 1. The van der Waals surface area contributed by atoms with E-state index < -0.39 is 0 Å². The van der Waals surface area contributed by atoms with Gasteiger partial charge >= 0.3 is 0 Å². The molecule has 1 saturated carbocycles. The molecule has 2 aromatic carbocycles. The van der Waals surface area contributed by atoms with Gasteiger partial charge in [0.25, 0.3) is 0 Å². The molecule has 3 rings (SSSR count). The highest BCUT2D eigenvalue weighted by atomic mass is 16.1. The van der Waals surface area contributed by atoms with Crippen LogP contribution in [0.1, 0.15) is 24.8 Å². The molecule has 0 saturated heterocycles. The maximum absolute atomic E-state index is 11.8. The number of ketones is 1. The van der Waals surface area contributed by atoms with Gasteiger partial charge in [-0.3, -0.25) is 4.79 Å². The van der Waals surface area contributed by atoms with Crippen molar-refractivity contribution in [1.29, 1.82) is 0 Å². The second kappa shape index (κ2) is 3.92. The summed E-state index contributed by atoms with van der Waals surface area (Å²) in [5.74, 6) is 0.550. The lowest BCUT2D eigenvalue weighted by atomic mass is 9.97. The zero-order valence-electron chi connectivity index (χ0n) is 10.7. The van der Waals surface area contributed by atoms with Gasteiger partial charge in [0, 0.05) is 5.92 Å². The predicted molar refractivity (Wildman–Crippen MR) is 73.8 cm³/mol. The number of Topliss-reactive ketones (excluding diaryl/α,β-unsaturated/α-hetero) is 1. The van der Waals surface area contributed by atoms with Crippen LogP contribution in [0.3, 0.4) is 0 Å². The fourth-order valence-electron chi connectivity index (χ4n) is 3.03. The third-order valence-corrected chi connectivity index (χ3v) is 4.23. The molecule has 0 radical (unpaired) electrons. The fourth-order valence-corrected chi connectivity index (χ4v) is 3.03. The van der Waals surface area contributed by atoms with Crippen LogP contribution in [-0.4, -0.2) is 18.4 Å². The third kappa shape index (κ3) is 1.49. The van der Waals surface area contributed by atoms with E-state index in [0.717, 1.165) is 6.42 Å². The van der Waals surface area contributed by atoms with E-state index in [1.807, 2.05) is 7.05 Å². The molecule has 1 fully saturated rings. The molecule has 0 aliphatic heterocycles. The van der Waals surface area contributed by atoms with Gasteiger partial charge in [-0.2, -0.15) is 0 Å². The average molecular weight is 239 g/mol. The number of carbonyl (C=O) groups is 1. The van der Waals surface area contributed by atoms with Crippen molar-refractivity contribution < 1.29 is 4.79 Å². The van der Waals surface area contributed by atoms with E-state index in [4.69, 9.17) is 0 Å². The minimum Gasteiger partial charge on any atom is -0.307 e. The first-order chi connectivity index (χ1) is 8.69. The molecule has 1 N–H and O–H groups in total. The van der Waals surface area contributed by atoms with Crippen LogP contribution in [0.25, 0.3) is 10.8 Å². The highest BCUT2D eigenvalue weighted by Crippen LogP contribution is 2.53. The Morgan fingerprint density at radius 2 is 1.94 bits per heavy atom. The van der Waals surface area contributed by atoms with E-state index in [1.165, 1.54) is 16.3 Å². The quantitative estimate of drug-likeness (QED) is 0.892.